The third kappa shape index (κ3) is 3.03. The van der Waals surface area contributed by atoms with Crippen LogP contribution < -0.4 is 5.19 Å². The maximum Gasteiger partial charge on any atom is 0.536 e. The molecule has 2 aromatic rings. The molecule has 0 bridgehead atoms. The van der Waals surface area contributed by atoms with Gasteiger partial charge in [0, 0.05) is 26.5 Å². The maximum atomic E-state index is 13.3. The molecule has 0 aliphatic rings. The molecule has 0 heterocycles. The van der Waals surface area contributed by atoms with Gasteiger partial charge in [0.15, 0.2) is 11.6 Å². The highest BCUT2D eigenvalue weighted by molar-refractivity contribution is 6.75. The molecule has 0 aliphatic carbocycles. The van der Waals surface area contributed by atoms with Gasteiger partial charge in [-0.1, -0.05) is 30.3 Å². The van der Waals surface area contributed by atoms with Gasteiger partial charge in [-0.05, 0) is 23.3 Å². The van der Waals surface area contributed by atoms with Crippen LogP contribution in [0.5, 0.6) is 0 Å². The fourth-order valence-corrected chi connectivity index (χ4v) is 3.93. The first kappa shape index (κ1) is 15.8. The van der Waals surface area contributed by atoms with Crippen LogP contribution in [0.25, 0.3) is 11.1 Å². The molecule has 0 aromatic heterocycles. The summed E-state index contributed by atoms with van der Waals surface area (Å²) in [5.74, 6) is -1.73. The smallest absolute Gasteiger partial charge is 0.373 e. The van der Waals surface area contributed by atoms with Crippen molar-refractivity contribution in [3.63, 3.8) is 0 Å². The Hall–Kier alpha value is -1.60. The van der Waals surface area contributed by atoms with E-state index in [0.29, 0.717) is 5.56 Å². The lowest BCUT2D eigenvalue weighted by Gasteiger charge is -2.24. The van der Waals surface area contributed by atoms with Crippen LogP contribution in [0.15, 0.2) is 42.5 Å². The van der Waals surface area contributed by atoms with Gasteiger partial charge in [0.2, 0.25) is 0 Å². The van der Waals surface area contributed by atoms with E-state index in [0.717, 1.165) is 22.9 Å². The molecular weight excluding hydrogens is 294 g/mol. The quantitative estimate of drug-likeness (QED) is 0.795. The van der Waals surface area contributed by atoms with Crippen molar-refractivity contribution < 1.29 is 22.1 Å². The van der Waals surface area contributed by atoms with Crippen LogP contribution in [0.2, 0.25) is 0 Å². The van der Waals surface area contributed by atoms with E-state index in [2.05, 4.69) is 0 Å². The highest BCUT2D eigenvalue weighted by atomic mass is 28.4. The van der Waals surface area contributed by atoms with Crippen LogP contribution in [0.3, 0.4) is 0 Å². The minimum Gasteiger partial charge on any atom is -0.373 e. The molecule has 0 saturated heterocycles. The largest absolute Gasteiger partial charge is 0.536 e. The molecule has 112 valence electrons. The van der Waals surface area contributed by atoms with E-state index in [1.54, 1.807) is 24.3 Å². The molecule has 21 heavy (non-hydrogen) atoms. The first-order valence-corrected chi connectivity index (χ1v) is 8.00. The third-order valence-electron chi connectivity index (χ3n) is 3.30. The molecule has 2 rings (SSSR count). The van der Waals surface area contributed by atoms with Crippen LogP contribution in [-0.4, -0.2) is 30.1 Å². The molecule has 0 unspecified atom stereocenters. The van der Waals surface area contributed by atoms with Gasteiger partial charge in [-0.15, -0.1) is 0 Å². The monoisotopic (exact) mass is 310 g/mol. The predicted octanol–water partition coefficient (Wildman–Crippen LogP) is 2.72. The molecule has 0 fully saturated rings. The van der Waals surface area contributed by atoms with Crippen molar-refractivity contribution in [3.8, 4) is 11.1 Å². The average molecular weight is 310 g/mol. The first-order chi connectivity index (χ1) is 10.1. The minimum absolute atomic E-state index is 0.597. The van der Waals surface area contributed by atoms with Crippen LogP contribution in [0.4, 0.5) is 8.78 Å². The Morgan fingerprint density at radius 3 is 1.71 bits per heavy atom. The Kier molecular flexibility index (Phi) is 4.84. The van der Waals surface area contributed by atoms with Gasteiger partial charge in [-0.2, -0.15) is 0 Å². The Labute approximate surface area is 123 Å². The Morgan fingerprint density at radius 2 is 1.24 bits per heavy atom. The molecule has 0 N–H and O–H groups in total. The molecular formula is C15H16F2O3Si. The van der Waals surface area contributed by atoms with Gasteiger partial charge in [-0.3, -0.25) is 0 Å². The molecule has 0 spiro atoms. The lowest BCUT2D eigenvalue weighted by atomic mass is 10.1. The molecule has 0 amide bonds. The average Bonchev–Trinajstić information content (AvgIpc) is 2.53. The van der Waals surface area contributed by atoms with Crippen LogP contribution in [0.1, 0.15) is 0 Å². The Morgan fingerprint density at radius 1 is 0.714 bits per heavy atom. The highest BCUT2D eigenvalue weighted by Gasteiger charge is 2.40. The van der Waals surface area contributed by atoms with Crippen molar-refractivity contribution in [2.24, 2.45) is 0 Å². The third-order valence-corrected chi connectivity index (χ3v) is 5.95. The number of rotatable bonds is 5. The molecule has 6 heteroatoms. The summed E-state index contributed by atoms with van der Waals surface area (Å²) < 4.78 is 42.4. The summed E-state index contributed by atoms with van der Waals surface area (Å²) in [6.07, 6.45) is 0. The van der Waals surface area contributed by atoms with E-state index in [1.807, 2.05) is 0 Å². The zero-order valence-corrected chi connectivity index (χ0v) is 13.0. The van der Waals surface area contributed by atoms with Crippen LogP contribution >= 0.6 is 0 Å². The molecule has 3 nitrogen and oxygen atoms in total. The van der Waals surface area contributed by atoms with Gasteiger partial charge in [0.05, 0.1) is 0 Å². The summed E-state index contributed by atoms with van der Waals surface area (Å²) >= 11 is 0. The van der Waals surface area contributed by atoms with Gasteiger partial charge in [0.1, 0.15) is 0 Å². The second-order valence-electron chi connectivity index (χ2n) is 4.37. The van der Waals surface area contributed by atoms with Crippen molar-refractivity contribution in [2.45, 2.75) is 0 Å². The summed E-state index contributed by atoms with van der Waals surface area (Å²) in [5, 5.41) is 0.793. The van der Waals surface area contributed by atoms with E-state index < -0.39 is 20.4 Å². The van der Waals surface area contributed by atoms with E-state index in [1.165, 1.54) is 27.4 Å². The number of hydrogen-bond donors (Lipinski definition) is 0. The Balaban J connectivity index is 2.36. The lowest BCUT2D eigenvalue weighted by molar-refractivity contribution is 0.140. The van der Waals surface area contributed by atoms with Crippen molar-refractivity contribution in [1.29, 1.82) is 0 Å². The molecule has 0 saturated carbocycles. The van der Waals surface area contributed by atoms with E-state index in [-0.39, 0.29) is 0 Å². The van der Waals surface area contributed by atoms with Gasteiger partial charge >= 0.3 is 8.80 Å². The normalized spacial score (nSPS) is 11.7. The number of benzene rings is 2. The Bertz CT molecular complexity index is 605. The summed E-state index contributed by atoms with van der Waals surface area (Å²) in [6, 6.07) is 11.0. The topological polar surface area (TPSA) is 27.7 Å². The second-order valence-corrected chi connectivity index (χ2v) is 7.29. The van der Waals surface area contributed by atoms with Gasteiger partial charge in [0.25, 0.3) is 0 Å². The van der Waals surface area contributed by atoms with E-state index in [4.69, 9.17) is 13.3 Å². The minimum atomic E-state index is -2.87. The second kappa shape index (κ2) is 6.44. The number of halogens is 2. The standard InChI is InChI=1S/C15H16F2O3Si/c1-18-21(19-2,20-3)13-7-4-11(5-8-13)12-6-9-14(16)15(17)10-12/h4-10H,1-3H3. The predicted molar refractivity (Wildman–Crippen MR) is 78.2 cm³/mol. The molecule has 2 aromatic carbocycles. The van der Waals surface area contributed by atoms with Gasteiger partial charge < -0.3 is 13.3 Å². The van der Waals surface area contributed by atoms with E-state index >= 15 is 0 Å². The zero-order valence-electron chi connectivity index (χ0n) is 12.0. The molecule has 0 aliphatic heterocycles. The number of hydrogen-bond acceptors (Lipinski definition) is 3. The first-order valence-electron chi connectivity index (χ1n) is 6.27. The summed E-state index contributed by atoms with van der Waals surface area (Å²) in [5.41, 5.74) is 1.36. The lowest BCUT2D eigenvalue weighted by Crippen LogP contribution is -2.54. The summed E-state index contributed by atoms with van der Waals surface area (Å²) in [6.45, 7) is 0. The van der Waals surface area contributed by atoms with Crippen molar-refractivity contribution >= 4 is 14.0 Å². The summed E-state index contributed by atoms with van der Waals surface area (Å²) in [4.78, 5) is 0. The van der Waals surface area contributed by atoms with E-state index in [9.17, 15) is 8.78 Å². The SMILES string of the molecule is CO[Si](OC)(OC)c1ccc(-c2ccc(F)c(F)c2)cc1. The maximum absolute atomic E-state index is 13.3. The summed E-state index contributed by atoms with van der Waals surface area (Å²) in [7, 11) is 1.72. The fraction of sp³-hybridized carbons (Fsp3) is 0.200. The molecule has 0 atom stereocenters. The van der Waals surface area contributed by atoms with Crippen LogP contribution in [-0.2, 0) is 13.3 Å². The fourth-order valence-electron chi connectivity index (χ4n) is 2.15. The van der Waals surface area contributed by atoms with Crippen LogP contribution in [0, 0.1) is 11.6 Å². The van der Waals surface area contributed by atoms with Crippen molar-refractivity contribution in [2.75, 3.05) is 21.3 Å². The zero-order chi connectivity index (χ0) is 15.5. The van der Waals surface area contributed by atoms with Crippen molar-refractivity contribution in [1.82, 2.24) is 0 Å². The van der Waals surface area contributed by atoms with Gasteiger partial charge in [-0.25, -0.2) is 8.78 Å². The highest BCUT2D eigenvalue weighted by Crippen LogP contribution is 2.21. The van der Waals surface area contributed by atoms with Crippen molar-refractivity contribution in [3.05, 3.63) is 54.1 Å². The molecule has 0 radical (unpaired) electrons.